The maximum absolute atomic E-state index is 12.7. The molecule has 7 nitrogen and oxygen atoms in total. The standard InChI is InChI=1S/C18H23N3O4/c1-12(2)17(22)15-11-13-10-14(21(23)24)4-5-16(13)25-18(15)20-8-6-19(3)7-9-20/h4-5,10-12,18H,6-9H2,1-3H3. The molecule has 1 aromatic rings. The van der Waals surface area contributed by atoms with Crippen molar-refractivity contribution in [1.82, 2.24) is 9.80 Å². The molecule has 1 atom stereocenters. The van der Waals surface area contributed by atoms with Gasteiger partial charge < -0.3 is 9.64 Å². The van der Waals surface area contributed by atoms with E-state index >= 15 is 0 Å². The largest absolute Gasteiger partial charge is 0.470 e. The number of ketones is 1. The number of non-ortho nitro benzene ring substituents is 1. The lowest BCUT2D eigenvalue weighted by atomic mass is 9.94. The number of benzene rings is 1. The van der Waals surface area contributed by atoms with Crippen LogP contribution in [0.15, 0.2) is 23.8 Å². The molecule has 2 aliphatic heterocycles. The third kappa shape index (κ3) is 3.57. The summed E-state index contributed by atoms with van der Waals surface area (Å²) < 4.78 is 6.12. The van der Waals surface area contributed by atoms with E-state index in [-0.39, 0.29) is 17.4 Å². The van der Waals surface area contributed by atoms with Crippen LogP contribution in [0.4, 0.5) is 5.69 Å². The van der Waals surface area contributed by atoms with Crippen LogP contribution < -0.4 is 4.74 Å². The molecule has 0 saturated carbocycles. The second-order valence-electron chi connectivity index (χ2n) is 6.91. The van der Waals surface area contributed by atoms with Gasteiger partial charge in [-0.15, -0.1) is 0 Å². The van der Waals surface area contributed by atoms with E-state index in [0.29, 0.717) is 16.9 Å². The van der Waals surface area contributed by atoms with Crippen LogP contribution >= 0.6 is 0 Å². The predicted octanol–water partition coefficient (Wildman–Crippen LogP) is 2.17. The van der Waals surface area contributed by atoms with Crippen LogP contribution in [-0.2, 0) is 4.79 Å². The van der Waals surface area contributed by atoms with Crippen molar-refractivity contribution in [2.75, 3.05) is 33.2 Å². The Morgan fingerprint density at radius 2 is 1.96 bits per heavy atom. The average Bonchev–Trinajstić information content (AvgIpc) is 2.60. The van der Waals surface area contributed by atoms with Gasteiger partial charge in [0.1, 0.15) is 5.75 Å². The molecule has 0 spiro atoms. The van der Waals surface area contributed by atoms with Crippen molar-refractivity contribution in [1.29, 1.82) is 0 Å². The number of ether oxygens (including phenoxy) is 1. The molecule has 3 rings (SSSR count). The van der Waals surface area contributed by atoms with Gasteiger partial charge in [0.25, 0.3) is 5.69 Å². The summed E-state index contributed by atoms with van der Waals surface area (Å²) >= 11 is 0. The first-order valence-electron chi connectivity index (χ1n) is 8.50. The van der Waals surface area contributed by atoms with E-state index in [0.717, 1.165) is 26.2 Å². The summed E-state index contributed by atoms with van der Waals surface area (Å²) in [6.45, 7) is 7.16. The number of hydrogen-bond donors (Lipinski definition) is 0. The summed E-state index contributed by atoms with van der Waals surface area (Å²) in [6.07, 6.45) is 1.33. The van der Waals surface area contributed by atoms with E-state index in [1.54, 1.807) is 12.1 Å². The van der Waals surface area contributed by atoms with Gasteiger partial charge in [-0.05, 0) is 19.2 Å². The highest BCUT2D eigenvalue weighted by Crippen LogP contribution is 2.35. The smallest absolute Gasteiger partial charge is 0.270 e. The zero-order valence-corrected chi connectivity index (χ0v) is 14.8. The predicted molar refractivity (Wildman–Crippen MR) is 94.4 cm³/mol. The number of piperazine rings is 1. The minimum atomic E-state index is -0.440. The molecule has 0 bridgehead atoms. The van der Waals surface area contributed by atoms with Gasteiger partial charge in [0.2, 0.25) is 0 Å². The van der Waals surface area contributed by atoms with Gasteiger partial charge in [-0.25, -0.2) is 0 Å². The molecule has 0 aromatic heterocycles. The highest BCUT2D eigenvalue weighted by molar-refractivity contribution is 6.02. The van der Waals surface area contributed by atoms with Crippen molar-refractivity contribution in [2.24, 2.45) is 5.92 Å². The van der Waals surface area contributed by atoms with E-state index in [2.05, 4.69) is 16.8 Å². The first-order chi connectivity index (χ1) is 11.9. The number of fused-ring (bicyclic) bond motifs is 1. The van der Waals surface area contributed by atoms with Crippen LogP contribution in [0, 0.1) is 16.0 Å². The molecule has 7 heteroatoms. The van der Waals surface area contributed by atoms with Gasteiger partial charge in [-0.3, -0.25) is 19.8 Å². The SMILES string of the molecule is CC(C)C(=O)C1=Cc2cc([N+](=O)[O-])ccc2OC1N1CCN(C)CC1. The van der Waals surface area contributed by atoms with Gasteiger partial charge >= 0.3 is 0 Å². The number of likely N-dealkylation sites (N-methyl/N-ethyl adjacent to an activating group) is 1. The Bertz CT molecular complexity index is 721. The third-order valence-electron chi connectivity index (χ3n) is 4.70. The van der Waals surface area contributed by atoms with E-state index in [4.69, 9.17) is 4.74 Å². The molecule has 1 unspecified atom stereocenters. The monoisotopic (exact) mass is 345 g/mol. The molecule has 0 radical (unpaired) electrons. The molecule has 0 amide bonds. The Morgan fingerprint density at radius 3 is 2.56 bits per heavy atom. The van der Waals surface area contributed by atoms with Crippen LogP contribution in [0.25, 0.3) is 6.08 Å². The number of nitro benzene ring substituents is 1. The van der Waals surface area contributed by atoms with Gasteiger partial charge in [-0.2, -0.15) is 0 Å². The van der Waals surface area contributed by atoms with Crippen LogP contribution in [-0.4, -0.2) is 60.0 Å². The van der Waals surface area contributed by atoms with Crippen molar-refractivity contribution < 1.29 is 14.5 Å². The van der Waals surface area contributed by atoms with E-state index in [1.165, 1.54) is 12.1 Å². The first kappa shape index (κ1) is 17.6. The van der Waals surface area contributed by atoms with Crippen LogP contribution in [0.5, 0.6) is 5.75 Å². The lowest BCUT2D eigenvalue weighted by Crippen LogP contribution is -2.53. The Kier molecular flexibility index (Phi) is 4.87. The number of hydrogen-bond acceptors (Lipinski definition) is 6. The quantitative estimate of drug-likeness (QED) is 0.615. The Labute approximate surface area is 147 Å². The molecule has 2 heterocycles. The van der Waals surface area contributed by atoms with Crippen molar-refractivity contribution >= 4 is 17.5 Å². The number of carbonyl (C=O) groups excluding carboxylic acids is 1. The van der Waals surface area contributed by atoms with Gasteiger partial charge in [0.05, 0.1) is 10.5 Å². The molecule has 2 aliphatic rings. The zero-order chi connectivity index (χ0) is 18.1. The fourth-order valence-corrected chi connectivity index (χ4v) is 3.15. The molecule has 134 valence electrons. The lowest BCUT2D eigenvalue weighted by Gasteiger charge is -2.40. The maximum Gasteiger partial charge on any atom is 0.270 e. The highest BCUT2D eigenvalue weighted by atomic mass is 16.6. The number of nitro groups is 1. The van der Waals surface area contributed by atoms with Crippen LogP contribution in [0.2, 0.25) is 0 Å². The van der Waals surface area contributed by atoms with Crippen molar-refractivity contribution in [3.8, 4) is 5.75 Å². The van der Waals surface area contributed by atoms with Gasteiger partial charge in [0.15, 0.2) is 12.0 Å². The maximum atomic E-state index is 12.7. The minimum absolute atomic E-state index is 0.00649. The number of nitrogens with zero attached hydrogens (tertiary/aromatic N) is 3. The molecule has 25 heavy (non-hydrogen) atoms. The van der Waals surface area contributed by atoms with E-state index < -0.39 is 11.2 Å². The molecule has 0 aliphatic carbocycles. The summed E-state index contributed by atoms with van der Waals surface area (Å²) in [7, 11) is 2.07. The third-order valence-corrected chi connectivity index (χ3v) is 4.70. The molecule has 1 saturated heterocycles. The van der Waals surface area contributed by atoms with E-state index in [9.17, 15) is 14.9 Å². The number of Topliss-reactive ketones (excluding diaryl/α,β-unsaturated/α-hetero) is 1. The number of carbonyl (C=O) groups is 1. The Hall–Kier alpha value is -2.25. The minimum Gasteiger partial charge on any atom is -0.470 e. The van der Waals surface area contributed by atoms with Gasteiger partial charge in [0, 0.05) is 49.8 Å². The second kappa shape index (κ2) is 6.93. The Morgan fingerprint density at radius 1 is 1.28 bits per heavy atom. The zero-order valence-electron chi connectivity index (χ0n) is 14.8. The summed E-state index contributed by atoms with van der Waals surface area (Å²) in [6, 6.07) is 4.51. The fraction of sp³-hybridized carbons (Fsp3) is 0.500. The van der Waals surface area contributed by atoms with Crippen LogP contribution in [0.1, 0.15) is 19.4 Å². The summed E-state index contributed by atoms with van der Waals surface area (Å²) in [5.41, 5.74) is 1.16. The van der Waals surface area contributed by atoms with Crippen molar-refractivity contribution in [3.63, 3.8) is 0 Å². The van der Waals surface area contributed by atoms with Crippen LogP contribution in [0.3, 0.4) is 0 Å². The molecular weight excluding hydrogens is 322 g/mol. The highest BCUT2D eigenvalue weighted by Gasteiger charge is 2.35. The molecule has 1 aromatic carbocycles. The topological polar surface area (TPSA) is 75.9 Å². The molecule has 1 fully saturated rings. The summed E-state index contributed by atoms with van der Waals surface area (Å²) in [4.78, 5) is 27.7. The Balaban J connectivity index is 1.97. The summed E-state index contributed by atoms with van der Waals surface area (Å²) in [5, 5.41) is 11.0. The first-order valence-corrected chi connectivity index (χ1v) is 8.50. The molecular formula is C18H23N3O4. The summed E-state index contributed by atoms with van der Waals surface area (Å²) in [5.74, 6) is 0.431. The van der Waals surface area contributed by atoms with Crippen molar-refractivity contribution in [3.05, 3.63) is 39.4 Å². The fourth-order valence-electron chi connectivity index (χ4n) is 3.15. The van der Waals surface area contributed by atoms with Crippen molar-refractivity contribution in [2.45, 2.75) is 20.1 Å². The average molecular weight is 345 g/mol. The lowest BCUT2D eigenvalue weighted by molar-refractivity contribution is -0.384. The number of rotatable bonds is 4. The van der Waals surface area contributed by atoms with E-state index in [1.807, 2.05) is 13.8 Å². The normalized spacial score (nSPS) is 21.4. The molecule has 0 N–H and O–H groups in total. The second-order valence-corrected chi connectivity index (χ2v) is 6.91. The van der Waals surface area contributed by atoms with Gasteiger partial charge in [-0.1, -0.05) is 13.8 Å².